The molecule has 27 heavy (non-hydrogen) atoms. The molecule has 0 saturated heterocycles. The molecule has 2 rings (SSSR count). The molecule has 146 valence electrons. The predicted molar refractivity (Wildman–Crippen MR) is 99.8 cm³/mol. The Hall–Kier alpha value is -3.03. The fourth-order valence-electron chi connectivity index (χ4n) is 2.43. The molecule has 1 aromatic carbocycles. The van der Waals surface area contributed by atoms with Crippen molar-refractivity contribution in [3.63, 3.8) is 0 Å². The Balaban J connectivity index is 2.06. The maximum absolute atomic E-state index is 12.7. The van der Waals surface area contributed by atoms with E-state index in [2.05, 4.69) is 22.0 Å². The molecule has 0 unspecified atom stereocenters. The summed E-state index contributed by atoms with van der Waals surface area (Å²) in [6, 6.07) is 6.80. The molecule has 0 atom stereocenters. The van der Waals surface area contributed by atoms with Crippen LogP contribution < -0.4 is 10.1 Å². The second-order valence-electron chi connectivity index (χ2n) is 5.91. The first-order valence-electron chi connectivity index (χ1n) is 8.80. The van der Waals surface area contributed by atoms with Gasteiger partial charge in [-0.2, -0.15) is 0 Å². The first-order valence-corrected chi connectivity index (χ1v) is 8.80. The van der Waals surface area contributed by atoms with Crippen LogP contribution in [0.15, 0.2) is 34.9 Å². The third kappa shape index (κ3) is 6.02. The van der Waals surface area contributed by atoms with E-state index in [1.807, 2.05) is 0 Å². The minimum absolute atomic E-state index is 0.0802. The quantitative estimate of drug-likeness (QED) is 0.531. The number of hydrogen-bond donors (Lipinski definition) is 1. The molecule has 8 nitrogen and oxygen atoms in total. The number of benzene rings is 1. The molecule has 2 amide bonds. The highest BCUT2D eigenvalue weighted by molar-refractivity contribution is 5.89. The number of urea groups is 1. The number of unbranched alkanes of at least 4 members (excludes halogenated alkanes) is 2. The lowest BCUT2D eigenvalue weighted by molar-refractivity contribution is 0.0594. The highest BCUT2D eigenvalue weighted by Crippen LogP contribution is 2.16. The van der Waals surface area contributed by atoms with Crippen LogP contribution in [-0.2, 0) is 11.3 Å². The zero-order chi connectivity index (χ0) is 19.6. The van der Waals surface area contributed by atoms with E-state index >= 15 is 0 Å². The number of nitrogens with zero attached hydrogens (tertiary/aromatic N) is 2. The van der Waals surface area contributed by atoms with Gasteiger partial charge in [0, 0.05) is 12.2 Å². The minimum atomic E-state index is -0.579. The Kier molecular flexibility index (Phi) is 7.66. The van der Waals surface area contributed by atoms with Crippen molar-refractivity contribution in [2.75, 3.05) is 26.1 Å². The zero-order valence-electron chi connectivity index (χ0n) is 15.9. The number of carbonyl (C=O) groups excluding carboxylic acids is 2. The number of ether oxygens (including phenoxy) is 2. The smallest absolute Gasteiger partial charge is 0.360 e. The van der Waals surface area contributed by atoms with E-state index in [0.717, 1.165) is 19.3 Å². The Morgan fingerprint density at radius 3 is 2.56 bits per heavy atom. The Morgan fingerprint density at radius 1 is 1.19 bits per heavy atom. The van der Waals surface area contributed by atoms with E-state index in [1.54, 1.807) is 36.3 Å². The minimum Gasteiger partial charge on any atom is -0.497 e. The first kappa shape index (κ1) is 20.3. The first-order chi connectivity index (χ1) is 13.1. The number of hydrogen-bond acceptors (Lipinski definition) is 6. The van der Waals surface area contributed by atoms with Gasteiger partial charge in [-0.25, -0.2) is 14.6 Å². The van der Waals surface area contributed by atoms with Crippen molar-refractivity contribution in [3.05, 3.63) is 42.1 Å². The van der Waals surface area contributed by atoms with Gasteiger partial charge in [-0.05, 0) is 30.7 Å². The zero-order valence-corrected chi connectivity index (χ0v) is 15.9. The summed E-state index contributed by atoms with van der Waals surface area (Å²) >= 11 is 0. The molecule has 0 aliphatic heterocycles. The van der Waals surface area contributed by atoms with Crippen LogP contribution in [0, 0.1) is 0 Å². The van der Waals surface area contributed by atoms with Crippen LogP contribution >= 0.6 is 0 Å². The van der Waals surface area contributed by atoms with Crippen molar-refractivity contribution in [2.24, 2.45) is 0 Å². The van der Waals surface area contributed by atoms with Crippen molar-refractivity contribution in [1.29, 1.82) is 0 Å². The normalized spacial score (nSPS) is 10.3. The van der Waals surface area contributed by atoms with Crippen molar-refractivity contribution >= 4 is 17.7 Å². The molecule has 0 fully saturated rings. The molecule has 1 heterocycles. The summed E-state index contributed by atoms with van der Waals surface area (Å²) in [4.78, 5) is 29.9. The number of methoxy groups -OCH3 is 2. The highest BCUT2D eigenvalue weighted by atomic mass is 16.5. The number of anilines is 1. The van der Waals surface area contributed by atoms with Gasteiger partial charge in [-0.15, -0.1) is 0 Å². The van der Waals surface area contributed by atoms with E-state index in [4.69, 9.17) is 9.15 Å². The number of carbonyl (C=O) groups is 2. The third-order valence-electron chi connectivity index (χ3n) is 3.93. The van der Waals surface area contributed by atoms with Crippen LogP contribution in [0.4, 0.5) is 10.5 Å². The lowest BCUT2D eigenvalue weighted by Gasteiger charge is -2.21. The Bertz CT molecular complexity index is 742. The Morgan fingerprint density at radius 2 is 1.93 bits per heavy atom. The molecule has 0 spiro atoms. The maximum Gasteiger partial charge on any atom is 0.360 e. The van der Waals surface area contributed by atoms with Crippen LogP contribution in [0.3, 0.4) is 0 Å². The van der Waals surface area contributed by atoms with Gasteiger partial charge in [0.1, 0.15) is 12.0 Å². The molecule has 1 N–H and O–H groups in total. The number of amides is 2. The van der Waals surface area contributed by atoms with Gasteiger partial charge in [-0.3, -0.25) is 0 Å². The van der Waals surface area contributed by atoms with Gasteiger partial charge < -0.3 is 24.1 Å². The van der Waals surface area contributed by atoms with E-state index in [1.165, 1.54) is 13.4 Å². The lowest BCUT2D eigenvalue weighted by Crippen LogP contribution is -2.35. The van der Waals surface area contributed by atoms with Crippen molar-refractivity contribution in [2.45, 2.75) is 32.7 Å². The number of esters is 1. The molecular weight excluding hydrogens is 350 g/mol. The predicted octanol–water partition coefficient (Wildman–Crippen LogP) is 3.69. The van der Waals surface area contributed by atoms with Gasteiger partial charge in [0.2, 0.25) is 5.89 Å². The summed E-state index contributed by atoms with van der Waals surface area (Å²) in [5.74, 6) is 0.407. The second kappa shape index (κ2) is 10.2. The number of nitrogens with one attached hydrogen (secondary N) is 1. The molecule has 0 aliphatic carbocycles. The van der Waals surface area contributed by atoms with Gasteiger partial charge >= 0.3 is 12.0 Å². The molecular formula is C19H25N3O5. The molecule has 1 aromatic heterocycles. The maximum atomic E-state index is 12.7. The average Bonchev–Trinajstić information content (AvgIpc) is 3.16. The monoisotopic (exact) mass is 375 g/mol. The van der Waals surface area contributed by atoms with E-state index in [9.17, 15) is 9.59 Å². The molecule has 0 radical (unpaired) electrons. The Labute approximate surface area is 158 Å². The largest absolute Gasteiger partial charge is 0.497 e. The van der Waals surface area contributed by atoms with Gasteiger partial charge in [0.15, 0.2) is 5.69 Å². The van der Waals surface area contributed by atoms with E-state index in [0.29, 0.717) is 18.0 Å². The van der Waals surface area contributed by atoms with Gasteiger partial charge in [-0.1, -0.05) is 19.8 Å². The van der Waals surface area contributed by atoms with Gasteiger partial charge in [0.25, 0.3) is 0 Å². The summed E-state index contributed by atoms with van der Waals surface area (Å²) in [6.45, 7) is 2.80. The van der Waals surface area contributed by atoms with Crippen molar-refractivity contribution < 1.29 is 23.5 Å². The van der Waals surface area contributed by atoms with Gasteiger partial charge in [0.05, 0.1) is 20.8 Å². The lowest BCUT2D eigenvalue weighted by atomic mass is 10.2. The standard InChI is InChI=1S/C19H25N3O5/c1-4-5-6-11-22(12-17-21-16(13-27-17)18(23)26-3)19(24)20-14-7-9-15(25-2)10-8-14/h7-10,13H,4-6,11-12H2,1-3H3,(H,20,24). The van der Waals surface area contributed by atoms with Crippen LogP contribution in [0.25, 0.3) is 0 Å². The SMILES string of the molecule is CCCCCN(Cc1nc(C(=O)OC)co1)C(=O)Nc1ccc(OC)cc1. The molecule has 2 aromatic rings. The number of aromatic nitrogens is 1. The average molecular weight is 375 g/mol. The topological polar surface area (TPSA) is 93.9 Å². The summed E-state index contributed by atoms with van der Waals surface area (Å²) in [7, 11) is 2.86. The number of oxazole rings is 1. The van der Waals surface area contributed by atoms with Crippen LogP contribution in [0.1, 0.15) is 42.6 Å². The van der Waals surface area contributed by atoms with E-state index < -0.39 is 5.97 Å². The fourth-order valence-corrected chi connectivity index (χ4v) is 2.43. The second-order valence-corrected chi connectivity index (χ2v) is 5.91. The van der Waals surface area contributed by atoms with Crippen LogP contribution in [0.5, 0.6) is 5.75 Å². The number of rotatable bonds is 9. The summed E-state index contributed by atoms with van der Waals surface area (Å²) in [5, 5.41) is 2.85. The molecule has 0 saturated carbocycles. The summed E-state index contributed by atoms with van der Waals surface area (Å²) < 4.78 is 15.0. The summed E-state index contributed by atoms with van der Waals surface area (Å²) in [6.07, 6.45) is 4.13. The molecule has 8 heteroatoms. The highest BCUT2D eigenvalue weighted by Gasteiger charge is 2.19. The van der Waals surface area contributed by atoms with Crippen molar-refractivity contribution in [1.82, 2.24) is 9.88 Å². The molecule has 0 bridgehead atoms. The molecule has 0 aliphatic rings. The van der Waals surface area contributed by atoms with E-state index in [-0.39, 0.29) is 24.2 Å². The van der Waals surface area contributed by atoms with Crippen molar-refractivity contribution in [3.8, 4) is 5.75 Å². The third-order valence-corrected chi connectivity index (χ3v) is 3.93. The van der Waals surface area contributed by atoms with Crippen LogP contribution in [0.2, 0.25) is 0 Å². The van der Waals surface area contributed by atoms with Crippen LogP contribution in [-0.4, -0.2) is 42.6 Å². The summed E-state index contributed by atoms with van der Waals surface area (Å²) in [5.41, 5.74) is 0.737. The fraction of sp³-hybridized carbons (Fsp3) is 0.421.